The predicted octanol–water partition coefficient (Wildman–Crippen LogP) is 8.87. The lowest BCUT2D eigenvalue weighted by atomic mass is 9.89. The molecule has 0 fully saturated rings. The maximum Gasteiger partial charge on any atom is 0.598 e. The van der Waals surface area contributed by atoms with Crippen molar-refractivity contribution in [2.75, 3.05) is 0 Å². The molecule has 0 aliphatic carbocycles. The summed E-state index contributed by atoms with van der Waals surface area (Å²) >= 11 is 0. The minimum absolute atomic E-state index is 0.367. The van der Waals surface area contributed by atoms with Crippen molar-refractivity contribution in [1.82, 2.24) is 0 Å². The largest absolute Gasteiger partial charge is 0.598 e. The first-order chi connectivity index (χ1) is 12.9. The predicted molar refractivity (Wildman–Crippen MR) is 117 cm³/mol. The van der Waals surface area contributed by atoms with Crippen molar-refractivity contribution in [1.29, 1.82) is 0 Å². The summed E-state index contributed by atoms with van der Waals surface area (Å²) in [5.74, 6) is 1.33. The van der Waals surface area contributed by atoms with Crippen molar-refractivity contribution < 1.29 is 8.76 Å². The Kier molecular flexibility index (Phi) is 6.06. The zero-order valence-corrected chi connectivity index (χ0v) is 18.4. The first-order valence-electron chi connectivity index (χ1n) is 10.4. The Morgan fingerprint density at radius 1 is 0.815 bits per heavy atom. The molecule has 0 radical (unpaired) electrons. The number of hydrogen-bond acceptors (Lipinski definition) is 2. The van der Waals surface area contributed by atoms with E-state index in [-0.39, 0.29) is 0 Å². The summed E-state index contributed by atoms with van der Waals surface area (Å²) in [5, 5.41) is 3.11. The Morgan fingerprint density at radius 2 is 1.44 bits per heavy atom. The molecular weight excluding hydrogens is 351 g/mol. The first kappa shape index (κ1) is 20.1. The Hall–Kier alpha value is -1.66. The Bertz CT molecular complexity index is 1020. The summed E-state index contributed by atoms with van der Waals surface area (Å²) < 4.78 is 19.1. The number of fused-ring (bicyclic) bond motifs is 3. The maximum absolute atomic E-state index is 13.1. The summed E-state index contributed by atoms with van der Waals surface area (Å²) in [6.07, 6.45) is 3.21. The van der Waals surface area contributed by atoms with Crippen LogP contribution >= 0.6 is 7.65 Å². The number of hydrogen-bond donors (Lipinski definition) is 0. The van der Waals surface area contributed by atoms with E-state index in [1.807, 2.05) is 0 Å². The Morgan fingerprint density at radius 3 is 2.07 bits per heavy atom. The fraction of sp³-hybridized carbons (Fsp3) is 0.500. The van der Waals surface area contributed by atoms with Crippen LogP contribution in [0.4, 0.5) is 0 Å². The molecule has 0 amide bonds. The standard InChI is InChI=1S/C24H32O2P/c1-7-15(4)18-10-11-20-22-13-19(16(5)8-2)12-21(17(6)9-3)24(22)27(25)26-23(20)14-18/h10-17H,7-9H2,1-6H3/q+1. The van der Waals surface area contributed by atoms with Crippen molar-refractivity contribution >= 4 is 29.1 Å². The molecule has 3 rings (SSSR count). The van der Waals surface area contributed by atoms with Crippen molar-refractivity contribution in [2.24, 2.45) is 0 Å². The van der Waals surface area contributed by atoms with Crippen LogP contribution in [0, 0.1) is 0 Å². The van der Waals surface area contributed by atoms with E-state index in [0.717, 1.165) is 40.7 Å². The average Bonchev–Trinajstić information content (AvgIpc) is 2.70. The van der Waals surface area contributed by atoms with Crippen LogP contribution in [0.25, 0.3) is 21.5 Å². The topological polar surface area (TPSA) is 30.2 Å². The van der Waals surface area contributed by atoms with Crippen LogP contribution < -0.4 is 0 Å². The molecular formula is C24H32O2P+. The van der Waals surface area contributed by atoms with E-state index in [1.165, 1.54) is 16.7 Å². The van der Waals surface area contributed by atoms with Gasteiger partial charge in [0.1, 0.15) is 0 Å². The number of benzene rings is 2. The quantitative estimate of drug-likeness (QED) is 0.398. The third-order valence-electron chi connectivity index (χ3n) is 6.33. The molecule has 0 aliphatic heterocycles. The van der Waals surface area contributed by atoms with Gasteiger partial charge in [-0.3, -0.25) is 0 Å². The van der Waals surface area contributed by atoms with Crippen LogP contribution in [0.3, 0.4) is 0 Å². The highest BCUT2D eigenvalue weighted by Crippen LogP contribution is 2.43. The second-order valence-corrected chi connectivity index (χ2v) is 9.18. The molecule has 27 heavy (non-hydrogen) atoms. The molecule has 2 aromatic carbocycles. The summed E-state index contributed by atoms with van der Waals surface area (Å²) in [6, 6.07) is 11.0. The fourth-order valence-corrected chi connectivity index (χ4v) is 5.02. The van der Waals surface area contributed by atoms with Crippen molar-refractivity contribution in [3.63, 3.8) is 0 Å². The van der Waals surface area contributed by atoms with Gasteiger partial charge in [0, 0.05) is 16.3 Å². The highest BCUT2D eigenvalue weighted by Gasteiger charge is 2.25. The lowest BCUT2D eigenvalue weighted by Gasteiger charge is -2.15. The molecule has 2 nitrogen and oxygen atoms in total. The highest BCUT2D eigenvalue weighted by molar-refractivity contribution is 7.37. The SMILES string of the molecule is CCC(C)c1ccc2c(c1)o[p+](=O)c1c(C(C)CC)cc(C(C)CC)cc21. The van der Waals surface area contributed by atoms with Gasteiger partial charge >= 0.3 is 7.65 Å². The van der Waals surface area contributed by atoms with Crippen LogP contribution in [0.5, 0.6) is 0 Å². The molecule has 0 saturated heterocycles. The van der Waals surface area contributed by atoms with Crippen LogP contribution in [-0.4, -0.2) is 0 Å². The van der Waals surface area contributed by atoms with E-state index in [2.05, 4.69) is 71.9 Å². The van der Waals surface area contributed by atoms with Gasteiger partial charge in [-0.2, -0.15) is 0 Å². The summed E-state index contributed by atoms with van der Waals surface area (Å²) in [5.41, 5.74) is 4.57. The molecule has 4 unspecified atom stereocenters. The average molecular weight is 383 g/mol. The monoisotopic (exact) mass is 383 g/mol. The van der Waals surface area contributed by atoms with Crippen molar-refractivity contribution in [2.45, 2.75) is 78.6 Å². The maximum atomic E-state index is 13.1. The Labute approximate surface area is 163 Å². The second kappa shape index (κ2) is 8.15. The van der Waals surface area contributed by atoms with E-state index in [9.17, 15) is 4.57 Å². The molecule has 0 aliphatic rings. The van der Waals surface area contributed by atoms with Crippen LogP contribution in [0.2, 0.25) is 0 Å². The smallest absolute Gasteiger partial charge is 0.250 e. The van der Waals surface area contributed by atoms with Gasteiger partial charge in [0.05, 0.1) is 0 Å². The zero-order valence-electron chi connectivity index (χ0n) is 17.5. The summed E-state index contributed by atoms with van der Waals surface area (Å²) in [7, 11) is -1.87. The first-order valence-corrected chi connectivity index (χ1v) is 11.6. The molecule has 3 heteroatoms. The molecule has 4 atom stereocenters. The van der Waals surface area contributed by atoms with Gasteiger partial charge in [0.2, 0.25) is 5.12 Å². The molecule has 0 N–H and O–H groups in total. The zero-order chi connectivity index (χ0) is 19.7. The fourth-order valence-electron chi connectivity index (χ4n) is 3.72. The third kappa shape index (κ3) is 3.69. The molecule has 144 valence electrons. The summed E-state index contributed by atoms with van der Waals surface area (Å²) in [4.78, 5) is 0. The van der Waals surface area contributed by atoms with Gasteiger partial charge in [-0.25, -0.2) is 4.20 Å². The second-order valence-electron chi connectivity index (χ2n) is 8.04. The van der Waals surface area contributed by atoms with Crippen molar-refractivity contribution in [3.05, 3.63) is 47.0 Å². The van der Waals surface area contributed by atoms with Crippen LogP contribution in [0.15, 0.2) is 34.5 Å². The van der Waals surface area contributed by atoms with E-state index in [1.54, 1.807) is 0 Å². The lowest BCUT2D eigenvalue weighted by molar-refractivity contribution is 0.563. The molecule has 1 heterocycles. The van der Waals surface area contributed by atoms with Gasteiger partial charge < -0.3 is 0 Å². The Balaban J connectivity index is 2.40. The summed E-state index contributed by atoms with van der Waals surface area (Å²) in [6.45, 7) is 13.3. The van der Waals surface area contributed by atoms with E-state index in [0.29, 0.717) is 17.8 Å². The minimum atomic E-state index is -1.87. The molecule has 0 bridgehead atoms. The van der Waals surface area contributed by atoms with Gasteiger partial charge in [-0.1, -0.05) is 53.7 Å². The lowest BCUT2D eigenvalue weighted by Crippen LogP contribution is -1.98. The number of rotatable bonds is 6. The van der Waals surface area contributed by atoms with E-state index >= 15 is 0 Å². The van der Waals surface area contributed by atoms with Crippen molar-refractivity contribution in [3.8, 4) is 0 Å². The van der Waals surface area contributed by atoms with Gasteiger partial charge in [0.25, 0.3) is 0 Å². The molecule has 1 aromatic heterocycles. The van der Waals surface area contributed by atoms with Gasteiger partial charge in [-0.05, 0) is 70.9 Å². The normalized spacial score (nSPS) is 15.9. The minimum Gasteiger partial charge on any atom is -0.250 e. The molecule has 0 saturated carbocycles. The van der Waals surface area contributed by atoms with E-state index < -0.39 is 7.65 Å². The van der Waals surface area contributed by atoms with E-state index in [4.69, 9.17) is 4.20 Å². The van der Waals surface area contributed by atoms with Gasteiger partial charge in [0.15, 0.2) is 5.58 Å². The molecule has 0 spiro atoms. The van der Waals surface area contributed by atoms with Gasteiger partial charge in [-0.15, -0.1) is 0 Å². The van der Waals surface area contributed by atoms with Crippen LogP contribution in [-0.2, 0) is 4.57 Å². The third-order valence-corrected chi connectivity index (χ3v) is 7.55. The molecule has 3 aromatic rings. The van der Waals surface area contributed by atoms with Crippen LogP contribution in [0.1, 0.15) is 95.2 Å². The highest BCUT2D eigenvalue weighted by atomic mass is 31.1.